The summed E-state index contributed by atoms with van der Waals surface area (Å²) in [4.78, 5) is 11.7. The third-order valence-corrected chi connectivity index (χ3v) is 3.45. The summed E-state index contributed by atoms with van der Waals surface area (Å²) in [6, 6.07) is 15.6. The van der Waals surface area contributed by atoms with Crippen molar-refractivity contribution in [1.82, 2.24) is 0 Å². The zero-order valence-corrected chi connectivity index (χ0v) is 13.2. The molecule has 0 bridgehead atoms. The number of carbonyl (C=O) groups excluding carboxylic acids is 1. The molecule has 0 saturated carbocycles. The molecule has 22 heavy (non-hydrogen) atoms. The largest absolute Gasteiger partial charge is 0.462 e. The van der Waals surface area contributed by atoms with Gasteiger partial charge < -0.3 is 10.1 Å². The van der Waals surface area contributed by atoms with E-state index in [2.05, 4.69) is 24.4 Å². The molecular formula is C19H21NO2. The Hall–Kier alpha value is -2.55. The number of para-hydroxylation sites is 1. The molecule has 0 fully saturated rings. The van der Waals surface area contributed by atoms with Crippen LogP contribution in [0.25, 0.3) is 11.6 Å². The van der Waals surface area contributed by atoms with Crippen molar-refractivity contribution < 1.29 is 9.53 Å². The average Bonchev–Trinajstić information content (AvgIpc) is 2.55. The van der Waals surface area contributed by atoms with Gasteiger partial charge in [-0.05, 0) is 54.8 Å². The average molecular weight is 295 g/mol. The number of hydrogen-bond acceptors (Lipinski definition) is 3. The van der Waals surface area contributed by atoms with E-state index in [1.165, 1.54) is 0 Å². The first-order valence-electron chi connectivity index (χ1n) is 7.38. The first kappa shape index (κ1) is 15.8. The molecule has 0 amide bonds. The van der Waals surface area contributed by atoms with Crippen molar-refractivity contribution in [3.63, 3.8) is 0 Å². The fourth-order valence-corrected chi connectivity index (χ4v) is 2.25. The Bertz CT molecular complexity index is 672. The summed E-state index contributed by atoms with van der Waals surface area (Å²) < 4.78 is 4.99. The fraction of sp³-hybridized carbons (Fsp3) is 0.211. The maximum Gasteiger partial charge on any atom is 0.338 e. The summed E-state index contributed by atoms with van der Waals surface area (Å²) in [6.07, 6.45) is 2.13. The van der Waals surface area contributed by atoms with Crippen LogP contribution in [-0.2, 0) is 4.74 Å². The van der Waals surface area contributed by atoms with Gasteiger partial charge >= 0.3 is 5.97 Å². The highest BCUT2D eigenvalue weighted by Crippen LogP contribution is 2.23. The lowest BCUT2D eigenvalue weighted by molar-refractivity contribution is 0.0526. The first-order chi connectivity index (χ1) is 10.7. The van der Waals surface area contributed by atoms with Gasteiger partial charge in [-0.1, -0.05) is 30.3 Å². The molecule has 0 aliphatic carbocycles. The maximum atomic E-state index is 11.7. The molecule has 0 heterocycles. The number of benzene rings is 2. The van der Waals surface area contributed by atoms with Crippen LogP contribution < -0.4 is 5.32 Å². The topological polar surface area (TPSA) is 38.3 Å². The molecular weight excluding hydrogens is 274 g/mol. The second kappa shape index (κ2) is 7.46. The van der Waals surface area contributed by atoms with Crippen LogP contribution in [0.2, 0.25) is 0 Å². The van der Waals surface area contributed by atoms with Crippen LogP contribution in [0.3, 0.4) is 0 Å². The van der Waals surface area contributed by atoms with E-state index in [4.69, 9.17) is 4.74 Å². The fourth-order valence-electron chi connectivity index (χ4n) is 2.25. The highest BCUT2D eigenvalue weighted by Gasteiger charge is 2.06. The Morgan fingerprint density at radius 2 is 1.73 bits per heavy atom. The summed E-state index contributed by atoms with van der Waals surface area (Å²) in [5, 5.41) is 3.18. The number of esters is 1. The molecule has 2 aromatic carbocycles. The molecule has 3 heteroatoms. The molecule has 2 aromatic rings. The number of ether oxygens (including phenoxy) is 1. The van der Waals surface area contributed by atoms with Gasteiger partial charge in [-0.3, -0.25) is 0 Å². The molecule has 0 saturated heterocycles. The third-order valence-electron chi connectivity index (χ3n) is 3.45. The minimum absolute atomic E-state index is 0.281. The number of hydrogen-bond donors (Lipinski definition) is 1. The van der Waals surface area contributed by atoms with Crippen LogP contribution in [0, 0.1) is 0 Å². The van der Waals surface area contributed by atoms with Crippen LogP contribution in [0.1, 0.15) is 35.3 Å². The minimum atomic E-state index is -0.281. The summed E-state index contributed by atoms with van der Waals surface area (Å²) >= 11 is 0. The molecule has 0 radical (unpaired) electrons. The Morgan fingerprint density at radius 1 is 1.09 bits per heavy atom. The van der Waals surface area contributed by atoms with E-state index in [0.717, 1.165) is 22.4 Å². The third kappa shape index (κ3) is 3.76. The van der Waals surface area contributed by atoms with Gasteiger partial charge in [0, 0.05) is 12.7 Å². The highest BCUT2D eigenvalue weighted by atomic mass is 16.5. The molecule has 114 valence electrons. The van der Waals surface area contributed by atoms with Crippen molar-refractivity contribution in [2.75, 3.05) is 19.0 Å². The van der Waals surface area contributed by atoms with E-state index in [9.17, 15) is 4.79 Å². The van der Waals surface area contributed by atoms with Gasteiger partial charge in [0.05, 0.1) is 12.2 Å². The Labute approximate surface area is 131 Å². The number of rotatable bonds is 5. The van der Waals surface area contributed by atoms with E-state index in [0.29, 0.717) is 12.2 Å². The first-order valence-corrected chi connectivity index (χ1v) is 7.38. The van der Waals surface area contributed by atoms with Crippen LogP contribution in [0.5, 0.6) is 0 Å². The number of anilines is 1. The SMILES string of the molecule is CCOC(=O)c1ccc(/C(C)=C/c2ccccc2NC)cc1. The van der Waals surface area contributed by atoms with Crippen molar-refractivity contribution in [2.24, 2.45) is 0 Å². The smallest absolute Gasteiger partial charge is 0.338 e. The van der Waals surface area contributed by atoms with Gasteiger partial charge in [-0.15, -0.1) is 0 Å². The molecule has 0 unspecified atom stereocenters. The molecule has 0 atom stereocenters. The van der Waals surface area contributed by atoms with Crippen LogP contribution >= 0.6 is 0 Å². The lowest BCUT2D eigenvalue weighted by atomic mass is 10.0. The predicted molar refractivity (Wildman–Crippen MR) is 91.9 cm³/mol. The quantitative estimate of drug-likeness (QED) is 0.653. The van der Waals surface area contributed by atoms with Gasteiger partial charge in [0.15, 0.2) is 0 Å². The molecule has 0 aliphatic rings. The van der Waals surface area contributed by atoms with Crippen LogP contribution in [0.15, 0.2) is 48.5 Å². The molecule has 2 rings (SSSR count). The zero-order chi connectivity index (χ0) is 15.9. The van der Waals surface area contributed by atoms with Gasteiger partial charge in [0.25, 0.3) is 0 Å². The lowest BCUT2D eigenvalue weighted by Gasteiger charge is -2.08. The normalized spacial score (nSPS) is 11.1. The van der Waals surface area contributed by atoms with E-state index >= 15 is 0 Å². The van der Waals surface area contributed by atoms with Crippen molar-refractivity contribution >= 4 is 23.3 Å². The standard InChI is InChI=1S/C19H21NO2/c1-4-22-19(21)16-11-9-15(10-12-16)14(2)13-17-7-5-6-8-18(17)20-3/h5-13,20H,4H2,1-3H3/b14-13+. The maximum absolute atomic E-state index is 11.7. The van der Waals surface area contributed by atoms with E-state index in [1.807, 2.05) is 37.4 Å². The molecule has 1 N–H and O–H groups in total. The highest BCUT2D eigenvalue weighted by molar-refractivity contribution is 5.90. The second-order valence-corrected chi connectivity index (χ2v) is 4.96. The van der Waals surface area contributed by atoms with Crippen LogP contribution in [0.4, 0.5) is 5.69 Å². The van der Waals surface area contributed by atoms with Crippen molar-refractivity contribution in [1.29, 1.82) is 0 Å². The predicted octanol–water partition coefficient (Wildman–Crippen LogP) is 4.47. The number of allylic oxidation sites excluding steroid dienone is 1. The lowest BCUT2D eigenvalue weighted by Crippen LogP contribution is -2.04. The molecule has 0 aromatic heterocycles. The Morgan fingerprint density at radius 3 is 2.36 bits per heavy atom. The monoisotopic (exact) mass is 295 g/mol. The van der Waals surface area contributed by atoms with Gasteiger partial charge in [-0.2, -0.15) is 0 Å². The van der Waals surface area contributed by atoms with E-state index in [-0.39, 0.29) is 5.97 Å². The summed E-state index contributed by atoms with van der Waals surface area (Å²) in [7, 11) is 1.91. The Kier molecular flexibility index (Phi) is 5.37. The van der Waals surface area contributed by atoms with Gasteiger partial charge in [0.2, 0.25) is 0 Å². The van der Waals surface area contributed by atoms with Gasteiger partial charge in [0.1, 0.15) is 0 Å². The summed E-state index contributed by atoms with van der Waals surface area (Å²) in [6.45, 7) is 4.25. The zero-order valence-electron chi connectivity index (χ0n) is 13.2. The number of nitrogens with one attached hydrogen (secondary N) is 1. The molecule has 0 spiro atoms. The van der Waals surface area contributed by atoms with E-state index in [1.54, 1.807) is 19.1 Å². The van der Waals surface area contributed by atoms with Crippen LogP contribution in [-0.4, -0.2) is 19.6 Å². The Balaban J connectivity index is 2.24. The van der Waals surface area contributed by atoms with Gasteiger partial charge in [-0.25, -0.2) is 4.79 Å². The number of carbonyl (C=O) groups is 1. The summed E-state index contributed by atoms with van der Waals surface area (Å²) in [5.74, 6) is -0.281. The van der Waals surface area contributed by atoms with Crippen molar-refractivity contribution in [2.45, 2.75) is 13.8 Å². The van der Waals surface area contributed by atoms with Crippen molar-refractivity contribution in [3.8, 4) is 0 Å². The van der Waals surface area contributed by atoms with Crippen molar-refractivity contribution in [3.05, 3.63) is 65.2 Å². The molecule has 3 nitrogen and oxygen atoms in total. The molecule has 0 aliphatic heterocycles. The second-order valence-electron chi connectivity index (χ2n) is 4.96. The summed E-state index contributed by atoms with van der Waals surface area (Å²) in [5.41, 5.74) is 5.02. The van der Waals surface area contributed by atoms with E-state index < -0.39 is 0 Å². The minimum Gasteiger partial charge on any atom is -0.462 e.